The molecule has 0 bridgehead atoms. The molecule has 0 aromatic heterocycles. The highest BCUT2D eigenvalue weighted by Crippen LogP contribution is 2.37. The second-order valence-corrected chi connectivity index (χ2v) is 10.1. The van der Waals surface area contributed by atoms with Gasteiger partial charge in [0.05, 0.1) is 38.3 Å². The van der Waals surface area contributed by atoms with Gasteiger partial charge < -0.3 is 14.8 Å². The Hall–Kier alpha value is -3.56. The van der Waals surface area contributed by atoms with E-state index in [-0.39, 0.29) is 35.1 Å². The van der Waals surface area contributed by atoms with Crippen molar-refractivity contribution in [2.45, 2.75) is 13.5 Å². The first kappa shape index (κ1) is 26.1. The number of anilines is 2. The molecule has 0 saturated heterocycles. The number of amides is 1. The Morgan fingerprint density at radius 3 is 2.17 bits per heavy atom. The van der Waals surface area contributed by atoms with Gasteiger partial charge in [-0.3, -0.25) is 13.9 Å². The van der Waals surface area contributed by atoms with Crippen LogP contribution in [0.2, 0.25) is 5.02 Å². The van der Waals surface area contributed by atoms with Crippen LogP contribution < -0.4 is 19.1 Å². The highest BCUT2D eigenvalue weighted by Gasteiger charge is 2.27. The number of Topliss-reactive ketones (excluding diaryl/α,β-unsaturated/α-hetero) is 1. The Morgan fingerprint density at radius 1 is 0.971 bits per heavy atom. The molecule has 0 saturated carbocycles. The van der Waals surface area contributed by atoms with E-state index in [1.165, 1.54) is 33.3 Å². The second kappa shape index (κ2) is 10.8. The molecule has 0 atom stereocenters. The quantitative estimate of drug-likeness (QED) is 0.411. The van der Waals surface area contributed by atoms with Crippen LogP contribution >= 0.6 is 11.6 Å². The van der Waals surface area contributed by atoms with E-state index in [0.717, 1.165) is 10.6 Å². The number of sulfonamides is 1. The molecule has 10 heteroatoms. The lowest BCUT2D eigenvalue weighted by atomic mass is 10.1. The lowest BCUT2D eigenvalue weighted by Crippen LogP contribution is -2.31. The zero-order chi connectivity index (χ0) is 25.8. The summed E-state index contributed by atoms with van der Waals surface area (Å²) in [5.74, 6) is -0.244. The predicted octanol–water partition coefficient (Wildman–Crippen LogP) is 4.78. The van der Waals surface area contributed by atoms with Crippen molar-refractivity contribution in [2.24, 2.45) is 0 Å². The summed E-state index contributed by atoms with van der Waals surface area (Å²) in [6.07, 6.45) is 1.05. The number of hydrogen-bond acceptors (Lipinski definition) is 6. The Bertz CT molecular complexity index is 1360. The minimum atomic E-state index is -3.84. The van der Waals surface area contributed by atoms with Crippen LogP contribution in [-0.2, 0) is 16.6 Å². The van der Waals surface area contributed by atoms with E-state index < -0.39 is 15.9 Å². The van der Waals surface area contributed by atoms with Crippen LogP contribution in [0.5, 0.6) is 11.5 Å². The smallest absolute Gasteiger partial charge is 0.257 e. The minimum Gasteiger partial charge on any atom is -0.493 e. The average Bonchev–Trinajstić information content (AvgIpc) is 2.82. The number of carbonyl (C=O) groups excluding carboxylic acids is 2. The van der Waals surface area contributed by atoms with E-state index in [2.05, 4.69) is 5.32 Å². The zero-order valence-corrected chi connectivity index (χ0v) is 21.2. The lowest BCUT2D eigenvalue weighted by molar-refractivity contribution is 0.101. The summed E-state index contributed by atoms with van der Waals surface area (Å²) in [4.78, 5) is 25.1. The summed E-state index contributed by atoms with van der Waals surface area (Å²) in [5.41, 5.74) is 1.61. The van der Waals surface area contributed by atoms with Crippen molar-refractivity contribution in [3.63, 3.8) is 0 Å². The molecule has 0 spiro atoms. The number of ether oxygens (including phenoxy) is 2. The molecule has 3 aromatic rings. The summed E-state index contributed by atoms with van der Waals surface area (Å²) in [5, 5.41) is 3.25. The van der Waals surface area contributed by atoms with Crippen molar-refractivity contribution >= 4 is 44.7 Å². The summed E-state index contributed by atoms with van der Waals surface area (Å²) in [6.45, 7) is 1.37. The predicted molar refractivity (Wildman–Crippen MR) is 136 cm³/mol. The van der Waals surface area contributed by atoms with Crippen LogP contribution in [0.15, 0.2) is 60.7 Å². The maximum atomic E-state index is 13.4. The van der Waals surface area contributed by atoms with Crippen LogP contribution in [0.1, 0.15) is 33.2 Å². The van der Waals surface area contributed by atoms with E-state index in [9.17, 15) is 18.0 Å². The fraction of sp³-hybridized carbons (Fsp3) is 0.200. The molecular formula is C25H25ClN2O6S. The SMILES string of the molecule is COc1cc(C(=O)Nc2cccc(C(C)=O)c2)c(N(Cc2ccc(Cl)cc2)S(C)(=O)=O)cc1OC. The van der Waals surface area contributed by atoms with Crippen molar-refractivity contribution in [1.29, 1.82) is 0 Å². The Balaban J connectivity index is 2.12. The third kappa shape index (κ3) is 6.32. The lowest BCUT2D eigenvalue weighted by Gasteiger charge is -2.26. The van der Waals surface area contributed by atoms with Gasteiger partial charge in [0.15, 0.2) is 17.3 Å². The summed E-state index contributed by atoms with van der Waals surface area (Å²) in [6, 6.07) is 16.0. The molecule has 0 radical (unpaired) electrons. The van der Waals surface area contributed by atoms with E-state index in [1.807, 2.05) is 0 Å². The van der Waals surface area contributed by atoms with Crippen molar-refractivity contribution in [3.05, 3.63) is 82.4 Å². The van der Waals surface area contributed by atoms with Gasteiger partial charge in [-0.1, -0.05) is 35.9 Å². The number of nitrogens with zero attached hydrogens (tertiary/aromatic N) is 1. The van der Waals surface area contributed by atoms with E-state index in [1.54, 1.807) is 48.5 Å². The maximum absolute atomic E-state index is 13.4. The Kier molecular flexibility index (Phi) is 8.03. The first-order valence-corrected chi connectivity index (χ1v) is 12.7. The maximum Gasteiger partial charge on any atom is 0.257 e. The minimum absolute atomic E-state index is 0.0373. The monoisotopic (exact) mass is 516 g/mol. The van der Waals surface area contributed by atoms with Crippen LogP contribution in [-0.4, -0.2) is 40.6 Å². The Morgan fingerprint density at radius 2 is 1.60 bits per heavy atom. The van der Waals surface area contributed by atoms with Crippen molar-refractivity contribution in [3.8, 4) is 11.5 Å². The molecule has 184 valence electrons. The van der Waals surface area contributed by atoms with Crippen LogP contribution in [0, 0.1) is 0 Å². The molecule has 35 heavy (non-hydrogen) atoms. The number of nitrogens with one attached hydrogen (secondary N) is 1. The van der Waals surface area contributed by atoms with E-state index >= 15 is 0 Å². The van der Waals surface area contributed by atoms with Gasteiger partial charge in [0.25, 0.3) is 5.91 Å². The molecule has 0 aliphatic rings. The van der Waals surface area contributed by atoms with Gasteiger partial charge in [-0.05, 0) is 42.8 Å². The van der Waals surface area contributed by atoms with Gasteiger partial charge in [0, 0.05) is 22.3 Å². The van der Waals surface area contributed by atoms with E-state index in [0.29, 0.717) is 21.8 Å². The summed E-state index contributed by atoms with van der Waals surface area (Å²) >= 11 is 5.97. The molecule has 0 unspecified atom stereocenters. The van der Waals surface area contributed by atoms with Gasteiger partial charge in [0.2, 0.25) is 10.0 Å². The van der Waals surface area contributed by atoms with E-state index in [4.69, 9.17) is 21.1 Å². The standard InChI is InChI=1S/C25H25ClN2O6S/c1-16(29)18-6-5-7-20(12-18)27-25(30)21-13-23(33-2)24(34-3)14-22(21)28(35(4,31)32)15-17-8-10-19(26)11-9-17/h5-14H,15H2,1-4H3,(H,27,30). The molecule has 1 amide bonds. The number of halogens is 1. The van der Waals surface area contributed by atoms with Crippen LogP contribution in [0.4, 0.5) is 11.4 Å². The van der Waals surface area contributed by atoms with Gasteiger partial charge >= 0.3 is 0 Å². The van der Waals surface area contributed by atoms with Crippen molar-refractivity contribution < 1.29 is 27.5 Å². The highest BCUT2D eigenvalue weighted by molar-refractivity contribution is 7.92. The van der Waals surface area contributed by atoms with Gasteiger partial charge in [-0.15, -0.1) is 0 Å². The summed E-state index contributed by atoms with van der Waals surface area (Å²) < 4.78 is 37.6. The number of benzene rings is 3. The fourth-order valence-electron chi connectivity index (χ4n) is 3.41. The second-order valence-electron chi connectivity index (χ2n) is 7.71. The molecule has 3 aromatic carbocycles. The average molecular weight is 517 g/mol. The first-order valence-electron chi connectivity index (χ1n) is 10.4. The topological polar surface area (TPSA) is 102 Å². The number of methoxy groups -OCH3 is 2. The summed E-state index contributed by atoms with van der Waals surface area (Å²) in [7, 11) is -1.01. The third-order valence-electron chi connectivity index (χ3n) is 5.18. The zero-order valence-electron chi connectivity index (χ0n) is 19.7. The molecule has 0 aliphatic heterocycles. The molecule has 0 fully saturated rings. The fourth-order valence-corrected chi connectivity index (χ4v) is 4.43. The van der Waals surface area contributed by atoms with Gasteiger partial charge in [0.1, 0.15) is 0 Å². The van der Waals surface area contributed by atoms with Gasteiger partial charge in [-0.2, -0.15) is 0 Å². The number of rotatable bonds is 9. The highest BCUT2D eigenvalue weighted by atomic mass is 35.5. The largest absolute Gasteiger partial charge is 0.493 e. The Labute approximate surface area is 209 Å². The van der Waals surface area contributed by atoms with Crippen LogP contribution in [0.25, 0.3) is 0 Å². The van der Waals surface area contributed by atoms with Gasteiger partial charge in [-0.25, -0.2) is 8.42 Å². The molecule has 0 heterocycles. The normalized spacial score (nSPS) is 11.0. The van der Waals surface area contributed by atoms with Crippen molar-refractivity contribution in [2.75, 3.05) is 30.1 Å². The first-order chi connectivity index (χ1) is 16.5. The number of hydrogen-bond donors (Lipinski definition) is 1. The van der Waals surface area contributed by atoms with Crippen LogP contribution in [0.3, 0.4) is 0 Å². The number of carbonyl (C=O) groups is 2. The molecule has 8 nitrogen and oxygen atoms in total. The molecule has 0 aliphatic carbocycles. The third-order valence-corrected chi connectivity index (χ3v) is 6.56. The van der Waals surface area contributed by atoms with Crippen molar-refractivity contribution in [1.82, 2.24) is 0 Å². The molecule has 3 rings (SSSR count). The molecule has 1 N–H and O–H groups in total. The number of ketones is 1. The molecular weight excluding hydrogens is 492 g/mol.